The fraction of sp³-hybridized carbons (Fsp3) is 0.774. The van der Waals surface area contributed by atoms with Crippen molar-refractivity contribution in [3.63, 3.8) is 0 Å². The summed E-state index contributed by atoms with van der Waals surface area (Å²) in [7, 11) is 0. The molecule has 0 spiro atoms. The van der Waals surface area contributed by atoms with Crippen molar-refractivity contribution in [1.82, 2.24) is 5.32 Å². The fourth-order valence-electron chi connectivity index (χ4n) is 9.58. The van der Waals surface area contributed by atoms with E-state index in [1.165, 1.54) is 30.9 Å². The second kappa shape index (κ2) is 9.13. The van der Waals surface area contributed by atoms with Crippen LogP contribution in [0.1, 0.15) is 92.9 Å². The molecule has 5 aliphatic rings. The summed E-state index contributed by atoms with van der Waals surface area (Å²) in [6.07, 6.45) is 11.0. The first-order valence-corrected chi connectivity index (χ1v) is 14.3. The van der Waals surface area contributed by atoms with Gasteiger partial charge in [-0.1, -0.05) is 44.9 Å². The monoisotopic (exact) mass is 495 g/mol. The van der Waals surface area contributed by atoms with E-state index in [0.29, 0.717) is 36.0 Å². The number of carbonyl (C=O) groups excluding carboxylic acids is 3. The highest BCUT2D eigenvalue weighted by molar-refractivity contribution is 6.01. The number of ether oxygens (including phenoxy) is 1. The highest BCUT2D eigenvalue weighted by Crippen LogP contribution is 2.70. The Labute approximate surface area is 216 Å². The smallest absolute Gasteiger partial charge is 0.302 e. The molecule has 3 saturated carbocycles. The number of hydrogen-bond donors (Lipinski definition) is 1. The van der Waals surface area contributed by atoms with Crippen molar-refractivity contribution >= 4 is 17.7 Å². The molecule has 0 aromatic carbocycles. The summed E-state index contributed by atoms with van der Waals surface area (Å²) in [6, 6.07) is 0. The number of carbonyl (C=O) groups is 3. The van der Waals surface area contributed by atoms with Crippen LogP contribution in [0.2, 0.25) is 0 Å². The van der Waals surface area contributed by atoms with Gasteiger partial charge in [-0.2, -0.15) is 0 Å². The molecular formula is C31H45NO4. The molecule has 0 bridgehead atoms. The first-order valence-electron chi connectivity index (χ1n) is 14.3. The molecule has 3 fully saturated rings. The van der Waals surface area contributed by atoms with E-state index in [9.17, 15) is 14.4 Å². The van der Waals surface area contributed by atoms with Gasteiger partial charge in [0.25, 0.3) is 0 Å². The number of nitrogens with one attached hydrogen (secondary N) is 1. The number of fused-ring (bicyclic) bond motifs is 7. The largest absolute Gasteiger partial charge is 0.462 e. The van der Waals surface area contributed by atoms with Gasteiger partial charge in [-0.15, -0.1) is 0 Å². The van der Waals surface area contributed by atoms with E-state index in [1.54, 1.807) is 6.92 Å². The third-order valence-corrected chi connectivity index (χ3v) is 11.2. The van der Waals surface area contributed by atoms with E-state index < -0.39 is 0 Å². The minimum atomic E-state index is -0.164. The van der Waals surface area contributed by atoms with E-state index in [2.05, 4.69) is 39.1 Å². The molecule has 9 atom stereocenters. The zero-order valence-corrected chi connectivity index (χ0v) is 23.1. The number of ketones is 1. The van der Waals surface area contributed by atoms with Gasteiger partial charge in [0.2, 0.25) is 5.91 Å². The average Bonchev–Trinajstić information content (AvgIpc) is 3.24. The maximum absolute atomic E-state index is 13.4. The molecule has 0 aromatic rings. The quantitative estimate of drug-likeness (QED) is 0.387. The molecule has 0 heterocycles. The van der Waals surface area contributed by atoms with Crippen molar-refractivity contribution in [2.75, 3.05) is 6.54 Å². The van der Waals surface area contributed by atoms with Gasteiger partial charge in [0.05, 0.1) is 0 Å². The number of amides is 1. The molecular weight excluding hydrogens is 450 g/mol. The number of rotatable bonds is 5. The number of Topliss-reactive ketones (excluding diaryl/α,β-unsaturated/α-hetero) is 1. The van der Waals surface area contributed by atoms with Crippen LogP contribution in [-0.4, -0.2) is 30.3 Å². The van der Waals surface area contributed by atoms with Gasteiger partial charge in [0.15, 0.2) is 5.78 Å². The van der Waals surface area contributed by atoms with Gasteiger partial charge in [-0.3, -0.25) is 14.4 Å². The lowest BCUT2D eigenvalue weighted by Gasteiger charge is -2.58. The molecule has 198 valence electrons. The molecule has 0 aliphatic heterocycles. The molecule has 5 rings (SSSR count). The van der Waals surface area contributed by atoms with Crippen molar-refractivity contribution in [1.29, 1.82) is 0 Å². The molecule has 5 nitrogen and oxygen atoms in total. The number of hydrogen-bond acceptors (Lipinski definition) is 4. The van der Waals surface area contributed by atoms with Gasteiger partial charge in [0, 0.05) is 32.7 Å². The van der Waals surface area contributed by atoms with E-state index in [4.69, 9.17) is 4.74 Å². The van der Waals surface area contributed by atoms with Crippen LogP contribution in [-0.2, 0) is 19.1 Å². The zero-order chi connectivity index (χ0) is 26.0. The lowest BCUT2D eigenvalue weighted by molar-refractivity contribution is -0.148. The summed E-state index contributed by atoms with van der Waals surface area (Å²) < 4.78 is 5.61. The Morgan fingerprint density at radius 2 is 1.89 bits per heavy atom. The predicted molar refractivity (Wildman–Crippen MR) is 140 cm³/mol. The lowest BCUT2D eigenvalue weighted by Crippen LogP contribution is -2.51. The van der Waals surface area contributed by atoms with Crippen molar-refractivity contribution in [3.05, 3.63) is 22.8 Å². The van der Waals surface area contributed by atoms with Crippen molar-refractivity contribution in [2.24, 2.45) is 46.3 Å². The average molecular weight is 496 g/mol. The lowest BCUT2D eigenvalue weighted by atomic mass is 9.47. The third kappa shape index (κ3) is 4.00. The SMILES string of the molecule is CC(=O)NC[C@H](C)CC1=C2C[C@@H]3[C@H]4CC=C5C[C@@H](OC(C)=O)CC[C@]5(C)[C@@H]4CC[C@]3(C)[C@@H]2[C@@H](C)C1=O. The highest BCUT2D eigenvalue weighted by atomic mass is 16.5. The summed E-state index contributed by atoms with van der Waals surface area (Å²) in [5, 5.41) is 2.94. The minimum absolute atomic E-state index is 0.00552. The summed E-state index contributed by atoms with van der Waals surface area (Å²) in [4.78, 5) is 36.4. The van der Waals surface area contributed by atoms with Crippen LogP contribution in [0.15, 0.2) is 22.8 Å². The predicted octanol–water partition coefficient (Wildman–Crippen LogP) is 5.78. The molecule has 0 radical (unpaired) electrons. The van der Waals surface area contributed by atoms with Crippen LogP contribution >= 0.6 is 0 Å². The Morgan fingerprint density at radius 3 is 2.58 bits per heavy atom. The molecule has 5 heteroatoms. The van der Waals surface area contributed by atoms with E-state index in [-0.39, 0.29) is 40.6 Å². The summed E-state index contributed by atoms with van der Waals surface area (Å²) in [6.45, 7) is 13.0. The van der Waals surface area contributed by atoms with Crippen LogP contribution in [0, 0.1) is 46.3 Å². The first-order chi connectivity index (χ1) is 17.0. The molecule has 0 aromatic heterocycles. The second-order valence-corrected chi connectivity index (χ2v) is 13.4. The Balaban J connectivity index is 1.40. The maximum Gasteiger partial charge on any atom is 0.302 e. The third-order valence-electron chi connectivity index (χ3n) is 11.2. The molecule has 36 heavy (non-hydrogen) atoms. The maximum atomic E-state index is 13.4. The van der Waals surface area contributed by atoms with Gasteiger partial charge in [0.1, 0.15) is 6.10 Å². The summed E-state index contributed by atoms with van der Waals surface area (Å²) >= 11 is 0. The summed E-state index contributed by atoms with van der Waals surface area (Å²) in [5.74, 6) is 2.91. The first kappa shape index (κ1) is 25.7. The highest BCUT2D eigenvalue weighted by Gasteiger charge is 2.63. The molecule has 0 saturated heterocycles. The van der Waals surface area contributed by atoms with E-state index >= 15 is 0 Å². The minimum Gasteiger partial charge on any atom is -0.462 e. The van der Waals surface area contributed by atoms with Crippen molar-refractivity contribution in [2.45, 2.75) is 99.0 Å². The van der Waals surface area contributed by atoms with Gasteiger partial charge < -0.3 is 10.1 Å². The van der Waals surface area contributed by atoms with Crippen LogP contribution in [0.3, 0.4) is 0 Å². The molecule has 0 unspecified atom stereocenters. The Morgan fingerprint density at radius 1 is 1.14 bits per heavy atom. The van der Waals surface area contributed by atoms with Gasteiger partial charge in [-0.05, 0) is 90.9 Å². The zero-order valence-electron chi connectivity index (χ0n) is 23.1. The standard InChI is InChI=1S/C31H45NO4/c1-17(16-32-19(3)33)13-25-24-15-27-23-8-7-21-14-22(36-20(4)34)9-11-30(21,5)26(23)10-12-31(27,6)28(24)18(2)29(25)35/h7,17-18,22-23,26-28H,8-16H2,1-6H3,(H,32,33)/t17-,18-,22+,23+,26-,27-,28-,30+,31+/m1/s1. The van der Waals surface area contributed by atoms with E-state index in [1.807, 2.05) is 0 Å². The fourth-order valence-corrected chi connectivity index (χ4v) is 9.58. The number of esters is 1. The Hall–Kier alpha value is -1.91. The van der Waals surface area contributed by atoms with Crippen LogP contribution in [0.4, 0.5) is 0 Å². The second-order valence-electron chi connectivity index (χ2n) is 13.4. The van der Waals surface area contributed by atoms with Crippen molar-refractivity contribution < 1.29 is 19.1 Å². The summed E-state index contributed by atoms with van der Waals surface area (Å²) in [5.41, 5.74) is 4.50. The van der Waals surface area contributed by atoms with Gasteiger partial charge >= 0.3 is 5.97 Å². The van der Waals surface area contributed by atoms with Crippen LogP contribution < -0.4 is 5.32 Å². The Bertz CT molecular complexity index is 1030. The van der Waals surface area contributed by atoms with Crippen LogP contribution in [0.5, 0.6) is 0 Å². The number of allylic oxidation sites excluding steroid dienone is 3. The van der Waals surface area contributed by atoms with Crippen LogP contribution in [0.25, 0.3) is 0 Å². The Kier molecular flexibility index (Phi) is 6.53. The molecule has 5 aliphatic carbocycles. The van der Waals surface area contributed by atoms with Crippen molar-refractivity contribution in [3.8, 4) is 0 Å². The van der Waals surface area contributed by atoms with E-state index in [0.717, 1.165) is 44.1 Å². The molecule has 1 N–H and O–H groups in total. The molecule has 1 amide bonds. The van der Waals surface area contributed by atoms with Gasteiger partial charge in [-0.25, -0.2) is 0 Å². The topological polar surface area (TPSA) is 72.5 Å². The normalized spacial score (nSPS) is 42.1.